The van der Waals surface area contributed by atoms with E-state index in [1.54, 1.807) is 11.8 Å². The molecule has 1 saturated heterocycles. The van der Waals surface area contributed by atoms with Gasteiger partial charge in [-0.3, -0.25) is 29.4 Å². The zero-order valence-corrected chi connectivity index (χ0v) is 22.2. The van der Waals surface area contributed by atoms with Crippen molar-refractivity contribution in [2.45, 2.75) is 22.6 Å². The van der Waals surface area contributed by atoms with Crippen molar-refractivity contribution in [3.05, 3.63) is 78.8 Å². The molecule has 1 aromatic heterocycles. The summed E-state index contributed by atoms with van der Waals surface area (Å²) < 4.78 is 0. The molecule has 2 aliphatic heterocycles. The lowest BCUT2D eigenvalue weighted by molar-refractivity contribution is -0.384. The second-order valence-electron chi connectivity index (χ2n) is 10.7. The first-order valence-corrected chi connectivity index (χ1v) is 14.2. The Bertz CT molecular complexity index is 1550. The summed E-state index contributed by atoms with van der Waals surface area (Å²) in [5.74, 6) is -1.08. The van der Waals surface area contributed by atoms with Gasteiger partial charge in [0.25, 0.3) is 5.69 Å². The minimum atomic E-state index is -0.498. The van der Waals surface area contributed by atoms with Gasteiger partial charge >= 0.3 is 4.87 Å². The lowest BCUT2D eigenvalue weighted by Gasteiger charge is -2.43. The zero-order chi connectivity index (χ0) is 26.5. The first-order chi connectivity index (χ1) is 18.2. The van der Waals surface area contributed by atoms with Gasteiger partial charge in [-0.25, -0.2) is 0 Å². The average molecular weight is 549 g/mol. The van der Waals surface area contributed by atoms with E-state index in [9.17, 15) is 24.5 Å². The van der Waals surface area contributed by atoms with Crippen molar-refractivity contribution in [3.8, 4) is 0 Å². The number of thiazole rings is 1. The summed E-state index contributed by atoms with van der Waals surface area (Å²) in [6.07, 6.45) is 0.814. The van der Waals surface area contributed by atoms with Gasteiger partial charge in [0.15, 0.2) is 0 Å². The molecule has 0 spiro atoms. The summed E-state index contributed by atoms with van der Waals surface area (Å²) in [6, 6.07) is 14.0. The van der Waals surface area contributed by atoms with Crippen molar-refractivity contribution in [1.82, 2.24) is 4.98 Å². The molecule has 11 heteroatoms. The van der Waals surface area contributed by atoms with Crippen molar-refractivity contribution in [1.29, 1.82) is 0 Å². The van der Waals surface area contributed by atoms with Crippen molar-refractivity contribution in [2.75, 3.05) is 23.9 Å². The van der Waals surface area contributed by atoms with Gasteiger partial charge in [0.2, 0.25) is 11.8 Å². The number of non-ortho nitro benzene ring substituents is 1. The van der Waals surface area contributed by atoms with E-state index >= 15 is 0 Å². The molecule has 7 atom stereocenters. The number of aromatic nitrogens is 1. The molecule has 38 heavy (non-hydrogen) atoms. The third-order valence-corrected chi connectivity index (χ3v) is 11.4. The maximum atomic E-state index is 13.8. The highest BCUT2D eigenvalue weighted by Crippen LogP contribution is 2.68. The standard InChI is InChI=1S/C27H24N4O5S2/c1-29(2)13-5-3-12(4-6-13)18-19-16-11-17(22(19)37-24-23(18)38-27(34)28-24)21-20(16)25(32)30(26(21)33)14-7-9-15(10-8-14)31(35)36/h3-10,16-22H,11H2,1-2H3,(H,28,34)/t16-,17+,18+,19-,20+,21+,22-/m0/s1. The van der Waals surface area contributed by atoms with Crippen molar-refractivity contribution < 1.29 is 14.5 Å². The normalized spacial score (nSPS) is 30.8. The van der Waals surface area contributed by atoms with Crippen LogP contribution in [0.25, 0.3) is 0 Å². The number of thioether (sulfide) groups is 1. The lowest BCUT2D eigenvalue weighted by Crippen LogP contribution is -2.42. The monoisotopic (exact) mass is 548 g/mol. The highest BCUT2D eigenvalue weighted by molar-refractivity contribution is 8.00. The number of benzene rings is 2. The summed E-state index contributed by atoms with van der Waals surface area (Å²) in [5, 5.41) is 12.1. The number of fused-ring (bicyclic) bond motifs is 9. The number of imide groups is 1. The molecule has 2 saturated carbocycles. The van der Waals surface area contributed by atoms with E-state index in [1.165, 1.54) is 40.5 Å². The van der Waals surface area contributed by atoms with Crippen LogP contribution >= 0.6 is 23.1 Å². The quantitative estimate of drug-likeness (QED) is 0.297. The minimum Gasteiger partial charge on any atom is -0.378 e. The van der Waals surface area contributed by atoms with Gasteiger partial charge in [-0.1, -0.05) is 23.5 Å². The number of carbonyl (C=O) groups excluding carboxylic acids is 2. The number of rotatable bonds is 4. The SMILES string of the molecule is CN(C)c1ccc([C@H]2c3sc(=O)[nH]c3S[C@H]3[C@@H]4C[C@H]([C@H]5C(=O)N(c6ccc([N+](=O)[O-])cc6)C(=O)[C@H]45)[C@@H]23)cc1. The molecule has 0 unspecified atom stereocenters. The smallest absolute Gasteiger partial charge is 0.305 e. The first kappa shape index (κ1) is 23.7. The van der Waals surface area contributed by atoms with Gasteiger partial charge in [0.05, 0.1) is 27.5 Å². The molecule has 3 heterocycles. The molecule has 0 radical (unpaired) electrons. The topological polar surface area (TPSA) is 117 Å². The van der Waals surface area contributed by atoms with Crippen molar-refractivity contribution in [2.24, 2.45) is 29.6 Å². The molecule has 2 amide bonds. The van der Waals surface area contributed by atoms with Gasteiger partial charge in [-0.2, -0.15) is 0 Å². The number of hydrogen-bond acceptors (Lipinski definition) is 8. The van der Waals surface area contributed by atoms with Crippen LogP contribution in [0.3, 0.4) is 0 Å². The number of nitrogens with one attached hydrogen (secondary N) is 1. The molecule has 194 valence electrons. The fourth-order valence-corrected chi connectivity index (χ4v) is 10.2. The number of nitrogens with zero attached hydrogens (tertiary/aromatic N) is 3. The summed E-state index contributed by atoms with van der Waals surface area (Å²) in [5.41, 5.74) is 2.50. The number of nitro groups is 1. The van der Waals surface area contributed by atoms with Crippen LogP contribution in [0.2, 0.25) is 0 Å². The second kappa shape index (κ2) is 8.28. The summed E-state index contributed by atoms with van der Waals surface area (Å²) in [6.45, 7) is 0. The predicted octanol–water partition coefficient (Wildman–Crippen LogP) is 4.09. The van der Waals surface area contributed by atoms with Gasteiger partial charge in [0, 0.05) is 48.0 Å². The number of aromatic amines is 1. The molecule has 2 bridgehead atoms. The zero-order valence-electron chi connectivity index (χ0n) is 20.6. The third-order valence-electron chi connectivity index (χ3n) is 8.81. The van der Waals surface area contributed by atoms with E-state index in [0.717, 1.165) is 27.6 Å². The van der Waals surface area contributed by atoms with Crippen LogP contribution in [0.1, 0.15) is 22.8 Å². The van der Waals surface area contributed by atoms with Crippen LogP contribution in [0.5, 0.6) is 0 Å². The Balaban J connectivity index is 1.28. The molecule has 2 aromatic carbocycles. The van der Waals surface area contributed by atoms with Crippen molar-refractivity contribution >= 4 is 52.0 Å². The number of hydrogen-bond donors (Lipinski definition) is 1. The van der Waals surface area contributed by atoms with Gasteiger partial charge in [-0.05, 0) is 54.0 Å². The summed E-state index contributed by atoms with van der Waals surface area (Å²) >= 11 is 2.91. The first-order valence-electron chi connectivity index (χ1n) is 12.5. The number of amides is 2. The van der Waals surface area contributed by atoms with Gasteiger partial charge in [0.1, 0.15) is 0 Å². The van der Waals surface area contributed by atoms with E-state index in [-0.39, 0.29) is 51.3 Å². The maximum absolute atomic E-state index is 13.8. The van der Waals surface area contributed by atoms with Crippen LogP contribution in [0.4, 0.5) is 17.1 Å². The van der Waals surface area contributed by atoms with Crippen LogP contribution in [-0.4, -0.2) is 41.1 Å². The molecule has 1 N–H and O–H groups in total. The number of nitro benzene ring substituents is 1. The number of carbonyl (C=O) groups is 2. The van der Waals surface area contributed by atoms with E-state index in [0.29, 0.717) is 5.69 Å². The van der Waals surface area contributed by atoms with Gasteiger partial charge in [-0.15, -0.1) is 11.8 Å². The molecule has 9 nitrogen and oxygen atoms in total. The highest BCUT2D eigenvalue weighted by Gasteiger charge is 2.69. The van der Waals surface area contributed by atoms with E-state index in [2.05, 4.69) is 29.2 Å². The predicted molar refractivity (Wildman–Crippen MR) is 145 cm³/mol. The second-order valence-corrected chi connectivity index (χ2v) is 12.9. The molecule has 3 fully saturated rings. The fraction of sp³-hybridized carbons (Fsp3) is 0.370. The van der Waals surface area contributed by atoms with E-state index in [4.69, 9.17) is 0 Å². The molecule has 7 rings (SSSR count). The Hall–Kier alpha value is -3.44. The minimum absolute atomic E-state index is 0.0193. The van der Waals surface area contributed by atoms with Crippen LogP contribution in [-0.2, 0) is 9.59 Å². The highest BCUT2D eigenvalue weighted by atomic mass is 32.2. The van der Waals surface area contributed by atoms with E-state index < -0.39 is 16.8 Å². The van der Waals surface area contributed by atoms with Gasteiger partial charge < -0.3 is 9.88 Å². The summed E-state index contributed by atoms with van der Waals surface area (Å²) in [7, 11) is 3.99. The molecular formula is C27H24N4O5S2. The Morgan fingerprint density at radius 1 is 0.974 bits per heavy atom. The maximum Gasteiger partial charge on any atom is 0.305 e. The molecule has 4 aliphatic rings. The Kier molecular flexibility index (Phi) is 5.15. The number of anilines is 2. The number of H-pyrrole nitrogens is 1. The Morgan fingerprint density at radius 3 is 2.26 bits per heavy atom. The summed E-state index contributed by atoms with van der Waals surface area (Å²) in [4.78, 5) is 57.8. The van der Waals surface area contributed by atoms with Crippen LogP contribution in [0.15, 0.2) is 58.4 Å². The lowest BCUT2D eigenvalue weighted by atomic mass is 9.68. The molecule has 3 aromatic rings. The van der Waals surface area contributed by atoms with Crippen LogP contribution < -0.4 is 14.7 Å². The molecule has 2 aliphatic carbocycles. The molecular weight excluding hydrogens is 524 g/mol. The van der Waals surface area contributed by atoms with Crippen LogP contribution in [0, 0.1) is 39.7 Å². The average Bonchev–Trinajstić information content (AvgIpc) is 3.63. The largest absolute Gasteiger partial charge is 0.378 e. The van der Waals surface area contributed by atoms with Crippen molar-refractivity contribution in [3.63, 3.8) is 0 Å². The Labute approximate surface area is 226 Å². The Morgan fingerprint density at radius 2 is 1.63 bits per heavy atom. The fourth-order valence-electron chi connectivity index (χ4n) is 7.35. The third kappa shape index (κ3) is 3.21. The van der Waals surface area contributed by atoms with E-state index in [1.807, 2.05) is 19.0 Å².